The van der Waals surface area contributed by atoms with Crippen molar-refractivity contribution in [2.45, 2.75) is 13.1 Å². The zero-order valence-electron chi connectivity index (χ0n) is 14.7. The van der Waals surface area contributed by atoms with Crippen LogP contribution in [0.3, 0.4) is 0 Å². The second kappa shape index (κ2) is 7.99. The van der Waals surface area contributed by atoms with Crippen LogP contribution in [0, 0.1) is 0 Å². The first-order chi connectivity index (χ1) is 12.3. The minimum Gasteiger partial charge on any atom is -0.355 e. The Hall–Kier alpha value is -2.89. The van der Waals surface area contributed by atoms with Gasteiger partial charge >= 0.3 is 6.18 Å². The maximum atomic E-state index is 12.7. The zero-order chi connectivity index (χ0) is 19.3. The Morgan fingerprint density at radius 1 is 0.962 bits per heavy atom. The van der Waals surface area contributed by atoms with Gasteiger partial charge in [0.1, 0.15) is 0 Å². The fourth-order valence-electron chi connectivity index (χ4n) is 2.42. The van der Waals surface area contributed by atoms with E-state index < -0.39 is 11.7 Å². The minimum absolute atomic E-state index is 0.178. The largest absolute Gasteiger partial charge is 0.416 e. The second-order valence-corrected chi connectivity index (χ2v) is 5.67. The molecule has 0 aliphatic heterocycles. The normalized spacial score (nSPS) is 12.8. The summed E-state index contributed by atoms with van der Waals surface area (Å²) in [7, 11) is 3.20. The molecule has 0 radical (unpaired) electrons. The van der Waals surface area contributed by atoms with Crippen molar-refractivity contribution >= 4 is 17.2 Å². The minimum atomic E-state index is -4.35. The van der Waals surface area contributed by atoms with Gasteiger partial charge in [0.2, 0.25) is 0 Å². The molecule has 1 N–H and O–H groups in total. The molecule has 2 aromatic carbocycles. The van der Waals surface area contributed by atoms with Gasteiger partial charge in [-0.05, 0) is 54.0 Å². The molecule has 0 fully saturated rings. The predicted molar refractivity (Wildman–Crippen MR) is 97.4 cm³/mol. The number of carbonyl (C=O) groups excluding carboxylic acids is 1. The molecule has 0 bridgehead atoms. The number of nitrogens with one attached hydrogen (secondary N) is 1. The Bertz CT molecular complexity index is 833. The van der Waals surface area contributed by atoms with E-state index in [0.29, 0.717) is 16.8 Å². The highest BCUT2D eigenvalue weighted by molar-refractivity contribution is 6.12. The van der Waals surface area contributed by atoms with Crippen molar-refractivity contribution in [3.63, 3.8) is 0 Å². The fourth-order valence-corrected chi connectivity index (χ4v) is 2.42. The molecule has 0 heterocycles. The van der Waals surface area contributed by atoms with E-state index in [1.54, 1.807) is 44.4 Å². The van der Waals surface area contributed by atoms with Gasteiger partial charge in [-0.25, -0.2) is 0 Å². The monoisotopic (exact) mass is 360 g/mol. The second-order valence-electron chi connectivity index (χ2n) is 5.67. The molecule has 0 saturated carbocycles. The number of aliphatic imine (C=N–C) groups is 1. The average Bonchev–Trinajstić information content (AvgIpc) is 2.64. The van der Waals surface area contributed by atoms with Crippen LogP contribution in [-0.2, 0) is 6.18 Å². The average molecular weight is 360 g/mol. The summed E-state index contributed by atoms with van der Waals surface area (Å²) in [5.41, 5.74) is 2.81. The maximum absolute atomic E-state index is 12.7. The molecular formula is C20H19F3N2O. The quantitative estimate of drug-likeness (QED) is 0.796. The molecule has 0 aromatic heterocycles. The van der Waals surface area contributed by atoms with Crippen LogP contribution in [0.1, 0.15) is 34.0 Å². The van der Waals surface area contributed by atoms with Crippen LogP contribution in [-0.4, -0.2) is 25.7 Å². The third-order valence-electron chi connectivity index (χ3n) is 3.93. The maximum Gasteiger partial charge on any atom is 0.416 e. The molecule has 0 atom stereocenters. The molecule has 2 rings (SSSR count). The van der Waals surface area contributed by atoms with E-state index in [-0.39, 0.29) is 5.91 Å². The molecule has 26 heavy (non-hydrogen) atoms. The van der Waals surface area contributed by atoms with Gasteiger partial charge in [-0.2, -0.15) is 13.2 Å². The third kappa shape index (κ3) is 4.59. The summed E-state index contributed by atoms with van der Waals surface area (Å²) < 4.78 is 38.0. The summed E-state index contributed by atoms with van der Waals surface area (Å²) in [6.45, 7) is 1.81. The van der Waals surface area contributed by atoms with Gasteiger partial charge in [-0.3, -0.25) is 9.79 Å². The van der Waals surface area contributed by atoms with Crippen LogP contribution < -0.4 is 5.32 Å². The van der Waals surface area contributed by atoms with Crippen LogP contribution in [0.2, 0.25) is 0 Å². The summed E-state index contributed by atoms with van der Waals surface area (Å²) in [5.74, 6) is -0.178. The van der Waals surface area contributed by atoms with E-state index in [1.165, 1.54) is 12.1 Å². The van der Waals surface area contributed by atoms with Crippen LogP contribution >= 0.6 is 0 Å². The number of carbonyl (C=O) groups is 1. The van der Waals surface area contributed by atoms with Gasteiger partial charge in [0, 0.05) is 19.7 Å². The van der Waals surface area contributed by atoms with Crippen LogP contribution in [0.5, 0.6) is 0 Å². The summed E-state index contributed by atoms with van der Waals surface area (Å²) >= 11 is 0. The van der Waals surface area contributed by atoms with Crippen molar-refractivity contribution in [2.24, 2.45) is 4.99 Å². The molecule has 0 aliphatic rings. The van der Waals surface area contributed by atoms with Gasteiger partial charge in [-0.1, -0.05) is 24.3 Å². The number of benzene rings is 2. The number of alkyl halides is 3. The highest BCUT2D eigenvalue weighted by Crippen LogP contribution is 2.30. The summed E-state index contributed by atoms with van der Waals surface area (Å²) in [4.78, 5) is 15.8. The third-order valence-corrected chi connectivity index (χ3v) is 3.93. The molecule has 136 valence electrons. The summed E-state index contributed by atoms with van der Waals surface area (Å²) in [6.07, 6.45) is -2.55. The zero-order valence-corrected chi connectivity index (χ0v) is 14.7. The van der Waals surface area contributed by atoms with Crippen molar-refractivity contribution in [1.29, 1.82) is 0 Å². The summed E-state index contributed by atoms with van der Waals surface area (Å²) in [6, 6.07) is 12.0. The Kier molecular flexibility index (Phi) is 5.97. The summed E-state index contributed by atoms with van der Waals surface area (Å²) in [5, 5.41) is 2.55. The molecule has 0 aliphatic carbocycles. The van der Waals surface area contributed by atoms with Crippen molar-refractivity contribution in [2.75, 3.05) is 14.1 Å². The Morgan fingerprint density at radius 2 is 1.46 bits per heavy atom. The number of amides is 1. The lowest BCUT2D eigenvalue weighted by molar-refractivity contribution is -0.137. The highest BCUT2D eigenvalue weighted by Gasteiger charge is 2.29. The van der Waals surface area contributed by atoms with Crippen LogP contribution in [0.4, 0.5) is 13.2 Å². The Morgan fingerprint density at radius 3 is 1.92 bits per heavy atom. The first-order valence-corrected chi connectivity index (χ1v) is 7.91. The number of halogens is 3. The fraction of sp³-hybridized carbons (Fsp3) is 0.200. The van der Waals surface area contributed by atoms with E-state index in [0.717, 1.165) is 23.3 Å². The van der Waals surface area contributed by atoms with Gasteiger partial charge in [0.15, 0.2) is 0 Å². The van der Waals surface area contributed by atoms with Gasteiger partial charge in [0.25, 0.3) is 5.91 Å². The smallest absolute Gasteiger partial charge is 0.355 e. The van der Waals surface area contributed by atoms with Crippen LogP contribution in [0.25, 0.3) is 5.57 Å². The van der Waals surface area contributed by atoms with Gasteiger partial charge in [-0.15, -0.1) is 0 Å². The van der Waals surface area contributed by atoms with E-state index in [4.69, 9.17) is 0 Å². The standard InChI is InChI=1S/C20H19F3N2O/c1-13(14-8-10-17(11-9-14)20(21,22)23)12-18(24-2)15-4-6-16(7-5-15)19(26)25-3/h4-12H,1-3H3,(H,25,26)/b13-12+,24-18?. The highest BCUT2D eigenvalue weighted by atomic mass is 19.4. The first-order valence-electron chi connectivity index (χ1n) is 7.91. The number of nitrogens with zero attached hydrogens (tertiary/aromatic N) is 1. The molecule has 3 nitrogen and oxygen atoms in total. The van der Waals surface area contributed by atoms with Gasteiger partial charge in [0.05, 0.1) is 11.3 Å². The van der Waals surface area contributed by atoms with Gasteiger partial charge < -0.3 is 5.32 Å². The molecular weight excluding hydrogens is 341 g/mol. The lowest BCUT2D eigenvalue weighted by Crippen LogP contribution is -2.17. The van der Waals surface area contributed by atoms with E-state index in [2.05, 4.69) is 10.3 Å². The van der Waals surface area contributed by atoms with Crippen molar-refractivity contribution in [1.82, 2.24) is 5.32 Å². The van der Waals surface area contributed by atoms with Crippen LogP contribution in [0.15, 0.2) is 59.6 Å². The molecule has 0 unspecified atom stereocenters. The van der Waals surface area contributed by atoms with Crippen molar-refractivity contribution in [3.8, 4) is 0 Å². The number of hydrogen-bond donors (Lipinski definition) is 1. The lowest BCUT2D eigenvalue weighted by atomic mass is 10.0. The molecule has 0 saturated heterocycles. The number of hydrogen-bond acceptors (Lipinski definition) is 2. The van der Waals surface area contributed by atoms with E-state index in [9.17, 15) is 18.0 Å². The topological polar surface area (TPSA) is 41.5 Å². The van der Waals surface area contributed by atoms with E-state index in [1.807, 2.05) is 6.92 Å². The number of rotatable bonds is 4. The molecule has 0 spiro atoms. The predicted octanol–water partition coefficient (Wildman–Crippen LogP) is 4.59. The Labute approximate surface area is 150 Å². The number of allylic oxidation sites excluding steroid dienone is 2. The van der Waals surface area contributed by atoms with Crippen molar-refractivity contribution in [3.05, 3.63) is 76.9 Å². The SMILES string of the molecule is CN=C(/C=C(\C)c1ccc(C(F)(F)F)cc1)c1ccc(C(=O)NC)cc1. The molecule has 6 heteroatoms. The van der Waals surface area contributed by atoms with Crippen molar-refractivity contribution < 1.29 is 18.0 Å². The Balaban J connectivity index is 2.26. The lowest BCUT2D eigenvalue weighted by Gasteiger charge is -2.09. The van der Waals surface area contributed by atoms with E-state index >= 15 is 0 Å². The molecule has 2 aromatic rings. The molecule has 1 amide bonds. The first kappa shape index (κ1) is 19.4.